The second-order valence-corrected chi connectivity index (χ2v) is 6.82. The van der Waals surface area contributed by atoms with Crippen LogP contribution in [0.5, 0.6) is 0 Å². The molecule has 0 radical (unpaired) electrons. The van der Waals surface area contributed by atoms with Gasteiger partial charge in [-0.25, -0.2) is 9.97 Å². The van der Waals surface area contributed by atoms with E-state index in [1.807, 2.05) is 30.3 Å². The van der Waals surface area contributed by atoms with Gasteiger partial charge in [-0.15, -0.1) is 0 Å². The first-order valence-corrected chi connectivity index (χ1v) is 9.13. The highest BCUT2D eigenvalue weighted by Gasteiger charge is 2.17. The van der Waals surface area contributed by atoms with E-state index in [9.17, 15) is 0 Å². The molecule has 6 heteroatoms. The maximum absolute atomic E-state index is 5.53. The average Bonchev–Trinajstić information content (AvgIpc) is 2.91. The van der Waals surface area contributed by atoms with Gasteiger partial charge in [-0.05, 0) is 33.0 Å². The zero-order valence-corrected chi connectivity index (χ0v) is 15.2. The number of hydrogen-bond acceptors (Lipinski definition) is 5. The summed E-state index contributed by atoms with van der Waals surface area (Å²) in [5.74, 6) is 1.75. The number of fused-ring (bicyclic) bond motifs is 1. The molecule has 0 aliphatic heterocycles. The number of rotatable bonds is 5. The van der Waals surface area contributed by atoms with Gasteiger partial charge < -0.3 is 9.47 Å². The molecule has 0 fully saturated rings. The number of aromatic nitrogens is 3. The molecule has 0 atom stereocenters. The molecule has 3 aromatic rings. The van der Waals surface area contributed by atoms with Crippen LogP contribution in [0.4, 0.5) is 5.82 Å². The van der Waals surface area contributed by atoms with E-state index in [4.69, 9.17) is 22.2 Å². The van der Waals surface area contributed by atoms with E-state index >= 15 is 0 Å². The summed E-state index contributed by atoms with van der Waals surface area (Å²) in [4.78, 5) is 12.0. The van der Waals surface area contributed by atoms with Gasteiger partial charge in [0.1, 0.15) is 4.70 Å². The fourth-order valence-corrected chi connectivity index (χ4v) is 4.14. The van der Waals surface area contributed by atoms with Gasteiger partial charge in [0.2, 0.25) is 0 Å². The highest BCUT2D eigenvalue weighted by atomic mass is 32.1. The summed E-state index contributed by atoms with van der Waals surface area (Å²) >= 11 is 7.13. The van der Waals surface area contributed by atoms with Crippen molar-refractivity contribution in [2.45, 2.75) is 27.3 Å². The fourth-order valence-electron chi connectivity index (χ4n) is 2.66. The van der Waals surface area contributed by atoms with Gasteiger partial charge in [-0.1, -0.05) is 41.7 Å². The smallest absolute Gasteiger partial charge is 0.164 e. The van der Waals surface area contributed by atoms with Crippen molar-refractivity contribution in [1.82, 2.24) is 14.5 Å². The maximum atomic E-state index is 5.53. The van der Waals surface area contributed by atoms with Gasteiger partial charge in [0.25, 0.3) is 0 Å². The van der Waals surface area contributed by atoms with E-state index in [1.54, 1.807) is 11.3 Å². The Morgan fingerprint density at radius 1 is 1.09 bits per heavy atom. The molecular formula is C17H20N4S2. The van der Waals surface area contributed by atoms with Crippen molar-refractivity contribution >= 4 is 39.7 Å². The van der Waals surface area contributed by atoms with Crippen LogP contribution >= 0.6 is 23.6 Å². The number of anilines is 1. The third-order valence-corrected chi connectivity index (χ3v) is 5.34. The standard InChI is InChI=1S/C17H20N4S2/c1-4-20(5-2)15-13-16(21(6-3)17(22)23-13)19-14(18-15)12-10-8-7-9-11-12/h7-11H,4-6H2,1-3H3. The third-order valence-electron chi connectivity index (χ3n) is 3.91. The molecule has 0 saturated carbocycles. The SMILES string of the molecule is CCN(CC)c1nc(-c2ccccc2)nc2c1sc(=S)n2CC. The Hall–Kier alpha value is -1.79. The predicted octanol–water partition coefficient (Wildman–Crippen LogP) is 4.76. The highest BCUT2D eigenvalue weighted by molar-refractivity contribution is 7.73. The maximum Gasteiger partial charge on any atom is 0.164 e. The van der Waals surface area contributed by atoms with Crippen LogP contribution in [-0.4, -0.2) is 27.6 Å². The number of hydrogen-bond donors (Lipinski definition) is 0. The number of nitrogens with zero attached hydrogens (tertiary/aromatic N) is 4. The highest BCUT2D eigenvalue weighted by Crippen LogP contribution is 2.32. The summed E-state index contributed by atoms with van der Waals surface area (Å²) < 4.78 is 4.03. The molecule has 0 amide bonds. The summed E-state index contributed by atoms with van der Waals surface area (Å²) in [5.41, 5.74) is 1.97. The lowest BCUT2D eigenvalue weighted by molar-refractivity contribution is 0.781. The lowest BCUT2D eigenvalue weighted by Crippen LogP contribution is -2.23. The van der Waals surface area contributed by atoms with E-state index < -0.39 is 0 Å². The molecule has 0 unspecified atom stereocenters. The molecule has 1 aromatic carbocycles. The lowest BCUT2D eigenvalue weighted by Gasteiger charge is -2.20. The normalized spacial score (nSPS) is 11.1. The average molecular weight is 345 g/mol. The molecule has 0 N–H and O–H groups in total. The largest absolute Gasteiger partial charge is 0.356 e. The number of thiazole rings is 1. The summed E-state index contributed by atoms with van der Waals surface area (Å²) in [6.07, 6.45) is 0. The van der Waals surface area contributed by atoms with Crippen LogP contribution in [0.3, 0.4) is 0 Å². The van der Waals surface area contributed by atoms with Gasteiger partial charge in [0, 0.05) is 25.2 Å². The number of aryl methyl sites for hydroxylation is 1. The molecule has 0 spiro atoms. The van der Waals surface area contributed by atoms with E-state index in [-0.39, 0.29) is 0 Å². The Labute approximate surface area is 145 Å². The Balaban J connectivity index is 2.33. The molecule has 4 nitrogen and oxygen atoms in total. The summed E-state index contributed by atoms with van der Waals surface area (Å²) in [6, 6.07) is 10.1. The molecule has 0 aliphatic rings. The molecule has 23 heavy (non-hydrogen) atoms. The Morgan fingerprint density at radius 2 is 1.78 bits per heavy atom. The quantitative estimate of drug-likeness (QED) is 0.625. The minimum atomic E-state index is 0.759. The summed E-state index contributed by atoms with van der Waals surface area (Å²) in [6.45, 7) is 9.04. The zero-order valence-electron chi connectivity index (χ0n) is 13.6. The zero-order chi connectivity index (χ0) is 16.4. The minimum Gasteiger partial charge on any atom is -0.356 e. The van der Waals surface area contributed by atoms with E-state index in [0.717, 1.165) is 51.1 Å². The first-order valence-electron chi connectivity index (χ1n) is 7.91. The van der Waals surface area contributed by atoms with Gasteiger partial charge in [0.15, 0.2) is 21.2 Å². The van der Waals surface area contributed by atoms with Crippen molar-refractivity contribution in [2.24, 2.45) is 0 Å². The molecule has 0 bridgehead atoms. The molecule has 0 aliphatic carbocycles. The fraction of sp³-hybridized carbons (Fsp3) is 0.353. The first kappa shape index (κ1) is 16.1. The van der Waals surface area contributed by atoms with Gasteiger partial charge in [-0.3, -0.25) is 0 Å². The van der Waals surface area contributed by atoms with Gasteiger partial charge in [0.05, 0.1) is 0 Å². The molecular weight excluding hydrogens is 324 g/mol. The summed E-state index contributed by atoms with van der Waals surface area (Å²) in [5, 5.41) is 0. The Kier molecular flexibility index (Phi) is 4.73. The van der Waals surface area contributed by atoms with Crippen LogP contribution < -0.4 is 4.90 Å². The van der Waals surface area contributed by atoms with Crippen LogP contribution in [0.2, 0.25) is 0 Å². The monoisotopic (exact) mass is 344 g/mol. The predicted molar refractivity (Wildman–Crippen MR) is 101 cm³/mol. The molecule has 120 valence electrons. The number of benzene rings is 1. The molecule has 3 rings (SSSR count). The summed E-state index contributed by atoms with van der Waals surface area (Å²) in [7, 11) is 0. The van der Waals surface area contributed by atoms with E-state index in [2.05, 4.69) is 30.2 Å². The second-order valence-electron chi connectivity index (χ2n) is 5.17. The topological polar surface area (TPSA) is 34.0 Å². The van der Waals surface area contributed by atoms with E-state index in [1.165, 1.54) is 0 Å². The van der Waals surface area contributed by atoms with Gasteiger partial charge in [-0.2, -0.15) is 0 Å². The van der Waals surface area contributed by atoms with Crippen LogP contribution in [0.25, 0.3) is 21.7 Å². The molecule has 2 heterocycles. The lowest BCUT2D eigenvalue weighted by atomic mass is 10.2. The second kappa shape index (κ2) is 6.76. The van der Waals surface area contributed by atoms with Crippen molar-refractivity contribution in [3.63, 3.8) is 0 Å². The van der Waals surface area contributed by atoms with Crippen molar-refractivity contribution in [3.05, 3.63) is 34.3 Å². The third kappa shape index (κ3) is 2.88. The van der Waals surface area contributed by atoms with Crippen molar-refractivity contribution in [2.75, 3.05) is 18.0 Å². The Bertz CT molecular complexity index is 863. The van der Waals surface area contributed by atoms with Gasteiger partial charge >= 0.3 is 0 Å². The van der Waals surface area contributed by atoms with Crippen molar-refractivity contribution in [1.29, 1.82) is 0 Å². The molecule has 0 saturated heterocycles. The Morgan fingerprint density at radius 3 is 2.39 bits per heavy atom. The van der Waals surface area contributed by atoms with Crippen LogP contribution in [0.1, 0.15) is 20.8 Å². The van der Waals surface area contributed by atoms with Crippen LogP contribution in [0, 0.1) is 3.95 Å². The van der Waals surface area contributed by atoms with Crippen LogP contribution in [-0.2, 0) is 6.54 Å². The van der Waals surface area contributed by atoms with E-state index in [0.29, 0.717) is 0 Å². The first-order chi connectivity index (χ1) is 11.2. The van der Waals surface area contributed by atoms with Crippen LogP contribution in [0.15, 0.2) is 30.3 Å². The molecule has 2 aromatic heterocycles. The van der Waals surface area contributed by atoms with Crippen molar-refractivity contribution in [3.8, 4) is 11.4 Å². The minimum absolute atomic E-state index is 0.759. The van der Waals surface area contributed by atoms with Crippen molar-refractivity contribution < 1.29 is 0 Å².